The van der Waals surface area contributed by atoms with Crippen molar-refractivity contribution >= 4 is 34.8 Å². The average Bonchev–Trinajstić information content (AvgIpc) is 2.95. The van der Waals surface area contributed by atoms with Gasteiger partial charge in [0.2, 0.25) is 0 Å². The SMILES string of the molecule is CN(CCCC(=O)O)C(=O)c1csc(-c2cccc(Cl)c2)n1. The number of carboxylic acid groups (broad SMARTS) is 1. The van der Waals surface area contributed by atoms with Crippen molar-refractivity contribution in [1.82, 2.24) is 9.88 Å². The molecule has 1 aromatic heterocycles. The lowest BCUT2D eigenvalue weighted by molar-refractivity contribution is -0.137. The van der Waals surface area contributed by atoms with Crippen molar-refractivity contribution in [3.63, 3.8) is 0 Å². The molecule has 0 saturated heterocycles. The number of aliphatic carboxylic acids is 1. The monoisotopic (exact) mass is 338 g/mol. The summed E-state index contributed by atoms with van der Waals surface area (Å²) in [5.41, 5.74) is 1.22. The average molecular weight is 339 g/mol. The Balaban J connectivity index is 2.04. The number of thiazole rings is 1. The summed E-state index contributed by atoms with van der Waals surface area (Å²) < 4.78 is 0. The van der Waals surface area contributed by atoms with Crippen LogP contribution in [0.5, 0.6) is 0 Å². The highest BCUT2D eigenvalue weighted by Crippen LogP contribution is 2.26. The van der Waals surface area contributed by atoms with E-state index in [1.165, 1.54) is 16.2 Å². The summed E-state index contributed by atoms with van der Waals surface area (Å²) >= 11 is 7.33. The van der Waals surface area contributed by atoms with Gasteiger partial charge in [0, 0.05) is 36.0 Å². The van der Waals surface area contributed by atoms with Gasteiger partial charge >= 0.3 is 5.97 Å². The van der Waals surface area contributed by atoms with Gasteiger partial charge in [0.25, 0.3) is 5.91 Å². The topological polar surface area (TPSA) is 70.5 Å². The Hall–Kier alpha value is -1.92. The lowest BCUT2D eigenvalue weighted by atomic mass is 10.2. The molecule has 116 valence electrons. The van der Waals surface area contributed by atoms with Gasteiger partial charge in [-0.2, -0.15) is 0 Å². The van der Waals surface area contributed by atoms with E-state index in [-0.39, 0.29) is 12.3 Å². The number of halogens is 1. The quantitative estimate of drug-likeness (QED) is 0.876. The molecule has 22 heavy (non-hydrogen) atoms. The third kappa shape index (κ3) is 4.29. The van der Waals surface area contributed by atoms with Gasteiger partial charge in [-0.25, -0.2) is 4.98 Å². The molecule has 1 heterocycles. The number of benzene rings is 1. The highest BCUT2D eigenvalue weighted by Gasteiger charge is 2.16. The first-order valence-electron chi connectivity index (χ1n) is 6.66. The summed E-state index contributed by atoms with van der Waals surface area (Å²) in [7, 11) is 1.64. The van der Waals surface area contributed by atoms with Crippen LogP contribution in [0.1, 0.15) is 23.3 Å². The molecule has 0 aliphatic carbocycles. The van der Waals surface area contributed by atoms with Crippen LogP contribution >= 0.6 is 22.9 Å². The molecule has 0 aliphatic heterocycles. The van der Waals surface area contributed by atoms with E-state index < -0.39 is 5.97 Å². The van der Waals surface area contributed by atoms with Crippen molar-refractivity contribution in [3.8, 4) is 10.6 Å². The third-order valence-corrected chi connectivity index (χ3v) is 4.15. The molecule has 0 fully saturated rings. The molecule has 1 amide bonds. The maximum atomic E-state index is 12.2. The van der Waals surface area contributed by atoms with Crippen LogP contribution in [0.2, 0.25) is 5.02 Å². The number of carbonyl (C=O) groups excluding carboxylic acids is 1. The predicted octanol–water partition coefficient (Wildman–Crippen LogP) is 3.40. The van der Waals surface area contributed by atoms with Gasteiger partial charge in [0.05, 0.1) is 0 Å². The van der Waals surface area contributed by atoms with Crippen molar-refractivity contribution in [3.05, 3.63) is 40.4 Å². The van der Waals surface area contributed by atoms with Crippen LogP contribution in [0.3, 0.4) is 0 Å². The number of nitrogens with zero attached hydrogens (tertiary/aromatic N) is 2. The Morgan fingerprint density at radius 2 is 2.18 bits per heavy atom. The number of aromatic nitrogens is 1. The predicted molar refractivity (Wildman–Crippen MR) is 86.4 cm³/mol. The van der Waals surface area contributed by atoms with Crippen molar-refractivity contribution in [2.75, 3.05) is 13.6 Å². The Bertz CT molecular complexity index is 687. The fourth-order valence-electron chi connectivity index (χ4n) is 1.89. The number of carbonyl (C=O) groups is 2. The van der Waals surface area contributed by atoms with E-state index in [9.17, 15) is 9.59 Å². The number of carboxylic acids is 1. The number of rotatable bonds is 6. The van der Waals surface area contributed by atoms with E-state index in [2.05, 4.69) is 4.98 Å². The van der Waals surface area contributed by atoms with E-state index >= 15 is 0 Å². The number of hydrogen-bond acceptors (Lipinski definition) is 4. The van der Waals surface area contributed by atoms with E-state index in [1.807, 2.05) is 12.1 Å². The molecule has 1 aromatic carbocycles. The van der Waals surface area contributed by atoms with Crippen molar-refractivity contribution in [2.45, 2.75) is 12.8 Å². The maximum absolute atomic E-state index is 12.2. The van der Waals surface area contributed by atoms with Gasteiger partial charge in [-0.3, -0.25) is 9.59 Å². The zero-order chi connectivity index (χ0) is 16.1. The van der Waals surface area contributed by atoms with Crippen LogP contribution in [0.15, 0.2) is 29.6 Å². The van der Waals surface area contributed by atoms with Crippen LogP contribution in [0.4, 0.5) is 0 Å². The molecular formula is C15H15ClN2O3S. The minimum atomic E-state index is -0.863. The molecule has 0 saturated carbocycles. The minimum absolute atomic E-state index is 0.0441. The van der Waals surface area contributed by atoms with Gasteiger partial charge in [-0.1, -0.05) is 23.7 Å². The first kappa shape index (κ1) is 16.5. The lowest BCUT2D eigenvalue weighted by Gasteiger charge is -2.14. The van der Waals surface area contributed by atoms with E-state index in [0.717, 1.165) is 10.6 Å². The molecular weight excluding hydrogens is 324 g/mol. The Morgan fingerprint density at radius 3 is 2.86 bits per heavy atom. The summed E-state index contributed by atoms with van der Waals surface area (Å²) in [6.45, 7) is 0.384. The summed E-state index contributed by atoms with van der Waals surface area (Å²) in [5, 5.41) is 11.7. The Labute approximate surface area is 137 Å². The molecule has 0 spiro atoms. The summed E-state index contributed by atoms with van der Waals surface area (Å²) in [6, 6.07) is 7.29. The van der Waals surface area contributed by atoms with E-state index in [4.69, 9.17) is 16.7 Å². The molecule has 7 heteroatoms. The van der Waals surface area contributed by atoms with Gasteiger partial charge in [-0.15, -0.1) is 11.3 Å². The fraction of sp³-hybridized carbons (Fsp3) is 0.267. The van der Waals surface area contributed by atoms with Crippen LogP contribution in [0.25, 0.3) is 10.6 Å². The van der Waals surface area contributed by atoms with Gasteiger partial charge in [-0.05, 0) is 18.6 Å². The molecule has 2 rings (SSSR count). The summed E-state index contributed by atoms with van der Waals surface area (Å²) in [5.74, 6) is -1.08. The standard InChI is InChI=1S/C15H15ClN2O3S/c1-18(7-3-6-13(19)20)15(21)12-9-22-14(17-12)10-4-2-5-11(16)8-10/h2,4-5,8-9H,3,6-7H2,1H3,(H,19,20). The zero-order valence-corrected chi connectivity index (χ0v) is 13.5. The summed E-state index contributed by atoms with van der Waals surface area (Å²) in [6.07, 6.45) is 0.464. The van der Waals surface area contributed by atoms with E-state index in [0.29, 0.717) is 23.7 Å². The molecule has 0 bridgehead atoms. The largest absolute Gasteiger partial charge is 0.481 e. The minimum Gasteiger partial charge on any atom is -0.481 e. The normalized spacial score (nSPS) is 10.5. The molecule has 0 unspecified atom stereocenters. The highest BCUT2D eigenvalue weighted by atomic mass is 35.5. The summed E-state index contributed by atoms with van der Waals surface area (Å²) in [4.78, 5) is 28.5. The Morgan fingerprint density at radius 1 is 1.41 bits per heavy atom. The van der Waals surface area contributed by atoms with Crippen molar-refractivity contribution in [2.24, 2.45) is 0 Å². The van der Waals surface area contributed by atoms with Crippen molar-refractivity contribution in [1.29, 1.82) is 0 Å². The second-order valence-electron chi connectivity index (χ2n) is 4.77. The maximum Gasteiger partial charge on any atom is 0.303 e. The van der Waals surface area contributed by atoms with Crippen LogP contribution in [0, 0.1) is 0 Å². The molecule has 0 atom stereocenters. The number of amides is 1. The van der Waals surface area contributed by atoms with Crippen molar-refractivity contribution < 1.29 is 14.7 Å². The number of hydrogen-bond donors (Lipinski definition) is 1. The third-order valence-electron chi connectivity index (χ3n) is 3.03. The second kappa shape index (κ2) is 7.38. The second-order valence-corrected chi connectivity index (χ2v) is 6.07. The van der Waals surface area contributed by atoms with Gasteiger partial charge in [0.1, 0.15) is 10.7 Å². The van der Waals surface area contributed by atoms with Crippen LogP contribution in [-0.2, 0) is 4.79 Å². The molecule has 2 aromatic rings. The van der Waals surface area contributed by atoms with Crippen LogP contribution < -0.4 is 0 Å². The molecule has 1 N–H and O–H groups in total. The molecule has 0 aliphatic rings. The highest BCUT2D eigenvalue weighted by molar-refractivity contribution is 7.13. The first-order chi connectivity index (χ1) is 10.5. The lowest BCUT2D eigenvalue weighted by Crippen LogP contribution is -2.28. The molecule has 5 nitrogen and oxygen atoms in total. The van der Waals surface area contributed by atoms with E-state index in [1.54, 1.807) is 24.6 Å². The first-order valence-corrected chi connectivity index (χ1v) is 7.92. The fourth-order valence-corrected chi connectivity index (χ4v) is 2.87. The van der Waals surface area contributed by atoms with Gasteiger partial charge in [0.15, 0.2) is 0 Å². The van der Waals surface area contributed by atoms with Crippen LogP contribution in [-0.4, -0.2) is 40.5 Å². The Kier molecular flexibility index (Phi) is 5.51. The van der Waals surface area contributed by atoms with Gasteiger partial charge < -0.3 is 10.0 Å². The smallest absolute Gasteiger partial charge is 0.303 e. The zero-order valence-electron chi connectivity index (χ0n) is 12.0. The molecule has 0 radical (unpaired) electrons.